The summed E-state index contributed by atoms with van der Waals surface area (Å²) < 4.78 is 0. The molecular formula is C74H73BN2S2. The molecule has 0 aromatic heterocycles. The molecule has 0 bridgehead atoms. The van der Waals surface area contributed by atoms with E-state index in [1.807, 2.05) is 23.5 Å². The van der Waals surface area contributed by atoms with Crippen molar-refractivity contribution in [2.24, 2.45) is 0 Å². The number of hydrogen-bond donors (Lipinski definition) is 0. The Bertz CT molecular complexity index is 3760. The van der Waals surface area contributed by atoms with Gasteiger partial charge in [-0.25, -0.2) is 0 Å². The van der Waals surface area contributed by atoms with Gasteiger partial charge < -0.3 is 9.80 Å². The Labute approximate surface area is 480 Å². The second-order valence-electron chi connectivity index (χ2n) is 27.9. The first-order valence-corrected chi connectivity index (χ1v) is 30.2. The number of hydrogen-bond acceptors (Lipinski definition) is 4. The van der Waals surface area contributed by atoms with Gasteiger partial charge in [0, 0.05) is 64.6 Å². The number of rotatable bonds is 0. The van der Waals surface area contributed by atoms with Crippen LogP contribution in [0.4, 0.5) is 34.1 Å². The zero-order valence-electron chi connectivity index (χ0n) is 49.0. The summed E-state index contributed by atoms with van der Waals surface area (Å²) in [7, 11) is 0. The van der Waals surface area contributed by atoms with Gasteiger partial charge in [-0.1, -0.05) is 224 Å². The minimum Gasteiger partial charge on any atom is -0.310 e. The molecule has 0 N–H and O–H groups in total. The van der Waals surface area contributed by atoms with Gasteiger partial charge in [-0.05, 0) is 166 Å². The Balaban J connectivity index is 1.29. The van der Waals surface area contributed by atoms with Crippen molar-refractivity contribution in [2.45, 2.75) is 151 Å². The average molecular weight is 1070 g/mol. The van der Waals surface area contributed by atoms with Crippen molar-refractivity contribution in [2.75, 3.05) is 9.80 Å². The third-order valence-electron chi connectivity index (χ3n) is 17.2. The maximum Gasteiger partial charge on any atom is 0.252 e. The van der Waals surface area contributed by atoms with Crippen LogP contribution in [-0.4, -0.2) is 6.71 Å². The molecule has 4 heterocycles. The Morgan fingerprint density at radius 2 is 0.570 bits per heavy atom. The first-order valence-electron chi connectivity index (χ1n) is 28.5. The van der Waals surface area contributed by atoms with Gasteiger partial charge in [0.1, 0.15) is 0 Å². The highest BCUT2D eigenvalue weighted by molar-refractivity contribution is 8.00. The zero-order chi connectivity index (χ0) is 55.5. The Morgan fingerprint density at radius 3 is 0.899 bits per heavy atom. The van der Waals surface area contributed by atoms with Crippen LogP contribution >= 0.6 is 23.5 Å². The molecule has 9 aromatic carbocycles. The van der Waals surface area contributed by atoms with E-state index in [0.29, 0.717) is 0 Å². The van der Waals surface area contributed by atoms with Gasteiger partial charge in [-0.15, -0.1) is 0 Å². The molecule has 79 heavy (non-hydrogen) atoms. The van der Waals surface area contributed by atoms with Gasteiger partial charge in [0.2, 0.25) is 0 Å². The smallest absolute Gasteiger partial charge is 0.252 e. The normalized spacial score (nSPS) is 14.3. The Hall–Kier alpha value is -6.66. The molecule has 394 valence electrons. The molecular weight excluding hydrogens is 992 g/mol. The third kappa shape index (κ3) is 8.46. The van der Waals surface area contributed by atoms with Crippen molar-refractivity contribution < 1.29 is 0 Å². The predicted octanol–water partition coefficient (Wildman–Crippen LogP) is 19.9. The van der Waals surface area contributed by atoms with Crippen molar-refractivity contribution >= 4 is 80.7 Å². The van der Waals surface area contributed by atoms with Crippen LogP contribution in [0, 0.1) is 0 Å². The number of fused-ring (bicyclic) bond motifs is 16. The molecule has 0 saturated carbocycles. The van der Waals surface area contributed by atoms with E-state index >= 15 is 0 Å². The zero-order valence-corrected chi connectivity index (χ0v) is 50.6. The summed E-state index contributed by atoms with van der Waals surface area (Å²) in [5.74, 6) is 0. The monoisotopic (exact) mass is 1060 g/mol. The lowest BCUT2D eigenvalue weighted by molar-refractivity contribution is 0.589. The SMILES string of the molecule is CC(C)(C)c1ccc2c(c1)-c1ccccc1Sc1ccccc1-c1cc(C(C)(C)C)cc3c1N2c1cc(C(C)(C)C)cc2c1B3c1cc(C(C)(C)C)cc3c1N2c1ccc(C(C)(C)C)cc1-c1ccccc1Sc1ccccc1-3. The Morgan fingerprint density at radius 1 is 0.278 bits per heavy atom. The first-order chi connectivity index (χ1) is 37.3. The summed E-state index contributed by atoms with van der Waals surface area (Å²) >= 11 is 3.82. The summed E-state index contributed by atoms with van der Waals surface area (Å²) in [6.07, 6.45) is 0. The van der Waals surface area contributed by atoms with Crippen molar-refractivity contribution in [3.63, 3.8) is 0 Å². The minimum atomic E-state index is -0.211. The Kier molecular flexibility index (Phi) is 11.7. The van der Waals surface area contributed by atoms with E-state index in [1.54, 1.807) is 0 Å². The molecule has 0 fully saturated rings. The van der Waals surface area contributed by atoms with Crippen LogP contribution in [0.25, 0.3) is 44.5 Å². The molecule has 0 spiro atoms. The molecule has 2 nitrogen and oxygen atoms in total. The van der Waals surface area contributed by atoms with Crippen LogP contribution in [0.3, 0.4) is 0 Å². The fraction of sp³-hybridized carbons (Fsp3) is 0.270. The van der Waals surface area contributed by atoms with E-state index in [1.165, 1.54) is 142 Å². The molecule has 4 aliphatic heterocycles. The fourth-order valence-corrected chi connectivity index (χ4v) is 14.9. The van der Waals surface area contributed by atoms with Crippen molar-refractivity contribution in [3.05, 3.63) is 198 Å². The van der Waals surface area contributed by atoms with Gasteiger partial charge >= 0.3 is 0 Å². The second-order valence-corrected chi connectivity index (χ2v) is 30.0. The summed E-state index contributed by atoms with van der Waals surface area (Å²) in [6.45, 7) is 35.6. The number of anilines is 6. The highest BCUT2D eigenvalue weighted by Crippen LogP contribution is 2.58. The molecule has 4 aliphatic rings. The highest BCUT2D eigenvalue weighted by atomic mass is 32.2. The third-order valence-corrected chi connectivity index (χ3v) is 19.5. The lowest BCUT2D eigenvalue weighted by Gasteiger charge is -2.48. The van der Waals surface area contributed by atoms with Gasteiger partial charge in [-0.2, -0.15) is 0 Å². The fourth-order valence-electron chi connectivity index (χ4n) is 12.6. The van der Waals surface area contributed by atoms with E-state index < -0.39 is 0 Å². The molecule has 0 radical (unpaired) electrons. The van der Waals surface area contributed by atoms with Gasteiger partial charge in [0.15, 0.2) is 0 Å². The maximum absolute atomic E-state index is 2.75. The largest absolute Gasteiger partial charge is 0.310 e. The number of nitrogens with zero attached hydrogens (tertiary/aromatic N) is 2. The summed E-state index contributed by atoms with van der Waals surface area (Å²) in [5.41, 5.74) is 27.5. The molecule has 0 amide bonds. The van der Waals surface area contributed by atoms with E-state index in [9.17, 15) is 0 Å². The highest BCUT2D eigenvalue weighted by Gasteiger charge is 2.48. The summed E-state index contributed by atoms with van der Waals surface area (Å²) in [5, 5.41) is 0. The molecule has 5 heteroatoms. The lowest BCUT2D eigenvalue weighted by Crippen LogP contribution is -2.62. The molecule has 0 atom stereocenters. The summed E-state index contributed by atoms with van der Waals surface area (Å²) in [6, 6.07) is 67.2. The predicted molar refractivity (Wildman–Crippen MR) is 344 cm³/mol. The van der Waals surface area contributed by atoms with Crippen LogP contribution in [0.5, 0.6) is 0 Å². The van der Waals surface area contributed by atoms with Crippen molar-refractivity contribution in [3.8, 4) is 44.5 Å². The number of benzene rings is 9. The second kappa shape index (κ2) is 17.9. The topological polar surface area (TPSA) is 6.48 Å². The maximum atomic E-state index is 2.75. The van der Waals surface area contributed by atoms with Crippen LogP contribution in [0.15, 0.2) is 189 Å². The van der Waals surface area contributed by atoms with Gasteiger partial charge in [0.05, 0.1) is 11.4 Å². The van der Waals surface area contributed by atoms with Crippen LogP contribution in [-0.2, 0) is 27.1 Å². The van der Waals surface area contributed by atoms with E-state index in [0.717, 1.165) is 0 Å². The van der Waals surface area contributed by atoms with E-state index in [2.05, 4.69) is 284 Å². The van der Waals surface area contributed by atoms with Crippen LogP contribution < -0.4 is 26.2 Å². The molecule has 9 aromatic rings. The van der Waals surface area contributed by atoms with Crippen LogP contribution in [0.2, 0.25) is 0 Å². The first kappa shape index (κ1) is 51.8. The lowest BCUT2D eigenvalue weighted by atomic mass is 9.32. The minimum absolute atomic E-state index is 0.0761. The van der Waals surface area contributed by atoms with Crippen molar-refractivity contribution in [1.82, 2.24) is 0 Å². The average Bonchev–Trinajstić information content (AvgIpc) is 3.23. The van der Waals surface area contributed by atoms with E-state index in [-0.39, 0.29) is 33.8 Å². The standard InChI is InChI=1S/C74H73BN2S2/c1-70(2,3)44-32-34-59-53(36-44)49-24-16-20-28-63(49)78-65-30-22-18-26-51(65)55-38-46(72(7,8)9)40-57-68(55)76(59)61-42-48(74(13,14)15)43-62-67(61)75(57)58-41-47(73(10,11)12)39-56-52-27-19-23-31-66(52)79-64-29-21-17-25-50(64)54-37-45(71(4,5)6)33-35-60(54)77(62)69(56)58/h16-43H,1-15H3. The molecule has 0 unspecified atom stereocenters. The van der Waals surface area contributed by atoms with Crippen molar-refractivity contribution in [1.29, 1.82) is 0 Å². The molecule has 0 saturated heterocycles. The summed E-state index contributed by atoms with van der Waals surface area (Å²) in [4.78, 5) is 10.5. The van der Waals surface area contributed by atoms with Gasteiger partial charge in [0.25, 0.3) is 6.71 Å². The van der Waals surface area contributed by atoms with Crippen LogP contribution in [0.1, 0.15) is 132 Å². The van der Waals surface area contributed by atoms with Gasteiger partial charge in [-0.3, -0.25) is 0 Å². The van der Waals surface area contributed by atoms with E-state index in [4.69, 9.17) is 0 Å². The quantitative estimate of drug-likeness (QED) is 0.140. The molecule has 0 aliphatic carbocycles. The molecule has 13 rings (SSSR count).